The van der Waals surface area contributed by atoms with E-state index in [0.29, 0.717) is 5.57 Å². The van der Waals surface area contributed by atoms with Gasteiger partial charge in [0.1, 0.15) is 11.2 Å². The first-order valence-electron chi connectivity index (χ1n) is 7.49. The summed E-state index contributed by atoms with van der Waals surface area (Å²) in [6.45, 7) is 5.57. The van der Waals surface area contributed by atoms with Crippen molar-refractivity contribution >= 4 is 21.4 Å². The quantitative estimate of drug-likeness (QED) is 0.791. The Bertz CT molecular complexity index is 796. The molecule has 3 rings (SSSR count). The number of benzene rings is 1. The second kappa shape index (κ2) is 4.84. The zero-order chi connectivity index (χ0) is 17.0. The Kier molecular flexibility index (Phi) is 3.38. The minimum absolute atomic E-state index is 0.238. The summed E-state index contributed by atoms with van der Waals surface area (Å²) in [5.74, 6) is -0.229. The van der Waals surface area contributed by atoms with Crippen molar-refractivity contribution in [1.29, 1.82) is 0 Å². The molecular formula is C17H20O5S. The van der Waals surface area contributed by atoms with Crippen LogP contribution in [0, 0.1) is 0 Å². The maximum Gasteiger partial charge on any atom is 0.374 e. The molecule has 0 unspecified atom stereocenters. The summed E-state index contributed by atoms with van der Waals surface area (Å²) in [5.41, 5.74) is 0.278. The second-order valence-electron chi connectivity index (χ2n) is 6.95. The van der Waals surface area contributed by atoms with Crippen molar-refractivity contribution in [1.82, 2.24) is 0 Å². The van der Waals surface area contributed by atoms with E-state index < -0.39 is 21.4 Å². The maximum atomic E-state index is 12.2. The number of hydrogen-bond donors (Lipinski definition) is 0. The minimum Gasteiger partial charge on any atom is -0.480 e. The first kappa shape index (κ1) is 16.1. The third kappa shape index (κ3) is 3.00. The molecule has 0 aromatic heterocycles. The molecule has 1 saturated carbocycles. The molecule has 6 heteroatoms. The fourth-order valence-electron chi connectivity index (χ4n) is 2.67. The zero-order valence-electron chi connectivity index (χ0n) is 13.7. The number of cyclic esters (lactones) is 1. The molecule has 1 fully saturated rings. The molecule has 0 saturated heterocycles. The van der Waals surface area contributed by atoms with E-state index in [2.05, 4.69) is 0 Å². The lowest BCUT2D eigenvalue weighted by atomic mass is 9.92. The molecule has 124 valence electrons. The predicted octanol–water partition coefficient (Wildman–Crippen LogP) is 2.71. The molecule has 5 nitrogen and oxygen atoms in total. The standard InChI is InChI=1S/C17H20O5S/c1-16(2)13(11-5-7-12(8-6-11)23(4,19)20)14(15(18)22-16)21-17(3)9-10-17/h5-8H,9-10H2,1-4H3. The van der Waals surface area contributed by atoms with Gasteiger partial charge in [-0.05, 0) is 51.3 Å². The van der Waals surface area contributed by atoms with Gasteiger partial charge in [-0.3, -0.25) is 0 Å². The van der Waals surface area contributed by atoms with Crippen molar-refractivity contribution in [3.63, 3.8) is 0 Å². The summed E-state index contributed by atoms with van der Waals surface area (Å²) in [5, 5.41) is 0. The van der Waals surface area contributed by atoms with Gasteiger partial charge in [0.05, 0.1) is 10.5 Å². The van der Waals surface area contributed by atoms with Crippen LogP contribution in [0.15, 0.2) is 34.9 Å². The van der Waals surface area contributed by atoms with Crippen LogP contribution in [0.25, 0.3) is 5.57 Å². The summed E-state index contributed by atoms with van der Waals surface area (Å²) in [4.78, 5) is 12.4. The largest absolute Gasteiger partial charge is 0.480 e. The summed E-state index contributed by atoms with van der Waals surface area (Å²) in [6.07, 6.45) is 2.98. The molecule has 0 amide bonds. The predicted molar refractivity (Wildman–Crippen MR) is 85.4 cm³/mol. The molecule has 1 aromatic rings. The van der Waals surface area contributed by atoms with E-state index in [1.807, 2.05) is 6.92 Å². The van der Waals surface area contributed by atoms with E-state index in [1.54, 1.807) is 26.0 Å². The monoisotopic (exact) mass is 336 g/mol. The van der Waals surface area contributed by atoms with Gasteiger partial charge in [-0.1, -0.05) is 12.1 Å². The molecule has 0 atom stereocenters. The summed E-state index contributed by atoms with van der Waals surface area (Å²) in [7, 11) is -3.26. The second-order valence-corrected chi connectivity index (χ2v) is 8.97. The molecule has 0 spiro atoms. The van der Waals surface area contributed by atoms with Crippen LogP contribution in [0.3, 0.4) is 0 Å². The number of ether oxygens (including phenoxy) is 2. The van der Waals surface area contributed by atoms with Crippen LogP contribution >= 0.6 is 0 Å². The van der Waals surface area contributed by atoms with Gasteiger partial charge in [-0.2, -0.15) is 0 Å². The van der Waals surface area contributed by atoms with Crippen molar-refractivity contribution in [2.45, 2.75) is 49.7 Å². The first-order chi connectivity index (χ1) is 10.5. The molecule has 1 aliphatic heterocycles. The molecule has 2 aliphatic rings. The Morgan fingerprint density at radius 1 is 1.09 bits per heavy atom. The highest BCUT2D eigenvalue weighted by Gasteiger charge is 2.48. The lowest BCUT2D eigenvalue weighted by Crippen LogP contribution is -2.22. The van der Waals surface area contributed by atoms with E-state index >= 15 is 0 Å². The number of esters is 1. The van der Waals surface area contributed by atoms with Gasteiger partial charge >= 0.3 is 5.97 Å². The van der Waals surface area contributed by atoms with Crippen molar-refractivity contribution in [3.8, 4) is 0 Å². The topological polar surface area (TPSA) is 69.7 Å². The van der Waals surface area contributed by atoms with Crippen molar-refractivity contribution in [2.75, 3.05) is 6.26 Å². The molecule has 23 heavy (non-hydrogen) atoms. The molecule has 0 bridgehead atoms. The lowest BCUT2D eigenvalue weighted by molar-refractivity contribution is -0.148. The molecule has 0 radical (unpaired) electrons. The van der Waals surface area contributed by atoms with Gasteiger partial charge in [0, 0.05) is 6.26 Å². The number of sulfone groups is 1. The smallest absolute Gasteiger partial charge is 0.374 e. The highest BCUT2D eigenvalue weighted by Crippen LogP contribution is 2.46. The number of hydrogen-bond acceptors (Lipinski definition) is 5. The molecule has 1 aromatic carbocycles. The maximum absolute atomic E-state index is 12.2. The third-order valence-corrected chi connectivity index (χ3v) is 5.36. The lowest BCUT2D eigenvalue weighted by Gasteiger charge is -2.21. The van der Waals surface area contributed by atoms with Crippen LogP contribution in [-0.2, 0) is 24.1 Å². The normalized spacial score (nSPS) is 22.0. The first-order valence-corrected chi connectivity index (χ1v) is 9.39. The van der Waals surface area contributed by atoms with Gasteiger partial charge in [0.15, 0.2) is 9.84 Å². The van der Waals surface area contributed by atoms with Gasteiger partial charge in [-0.25, -0.2) is 13.2 Å². The van der Waals surface area contributed by atoms with Crippen LogP contribution in [0.4, 0.5) is 0 Å². The Labute approximate surface area is 136 Å². The Morgan fingerprint density at radius 3 is 2.13 bits per heavy atom. The number of carbonyl (C=O) groups is 1. The van der Waals surface area contributed by atoms with E-state index in [4.69, 9.17) is 9.47 Å². The Morgan fingerprint density at radius 2 is 1.65 bits per heavy atom. The van der Waals surface area contributed by atoms with E-state index in [0.717, 1.165) is 24.7 Å². The van der Waals surface area contributed by atoms with E-state index in [1.165, 1.54) is 12.1 Å². The van der Waals surface area contributed by atoms with E-state index in [-0.39, 0.29) is 16.3 Å². The zero-order valence-corrected chi connectivity index (χ0v) is 14.5. The Balaban J connectivity index is 2.07. The van der Waals surface area contributed by atoms with Gasteiger partial charge in [0.25, 0.3) is 0 Å². The molecule has 1 heterocycles. The fourth-order valence-corrected chi connectivity index (χ4v) is 3.30. The Hall–Kier alpha value is -1.82. The van der Waals surface area contributed by atoms with Crippen molar-refractivity contribution in [2.24, 2.45) is 0 Å². The van der Waals surface area contributed by atoms with Crippen molar-refractivity contribution < 1.29 is 22.7 Å². The van der Waals surface area contributed by atoms with Crippen LogP contribution in [0.2, 0.25) is 0 Å². The fraction of sp³-hybridized carbons (Fsp3) is 0.471. The molecular weight excluding hydrogens is 316 g/mol. The van der Waals surface area contributed by atoms with Crippen LogP contribution in [0.5, 0.6) is 0 Å². The number of rotatable bonds is 4. The highest BCUT2D eigenvalue weighted by molar-refractivity contribution is 7.90. The van der Waals surface area contributed by atoms with Gasteiger partial charge in [0.2, 0.25) is 5.76 Å². The van der Waals surface area contributed by atoms with Crippen LogP contribution in [-0.4, -0.2) is 31.8 Å². The van der Waals surface area contributed by atoms with Crippen LogP contribution < -0.4 is 0 Å². The van der Waals surface area contributed by atoms with Gasteiger partial charge < -0.3 is 9.47 Å². The molecule has 1 aliphatic carbocycles. The number of carbonyl (C=O) groups excluding carboxylic acids is 1. The molecule has 0 N–H and O–H groups in total. The minimum atomic E-state index is -3.26. The van der Waals surface area contributed by atoms with E-state index in [9.17, 15) is 13.2 Å². The third-order valence-electron chi connectivity index (χ3n) is 4.24. The SMILES string of the molecule is CC1(OC2=C(c3ccc(S(C)(=O)=O)cc3)C(C)(C)OC2=O)CC1. The van der Waals surface area contributed by atoms with Crippen molar-refractivity contribution in [3.05, 3.63) is 35.6 Å². The average Bonchev–Trinajstić information content (AvgIpc) is 3.09. The average molecular weight is 336 g/mol. The van der Waals surface area contributed by atoms with Gasteiger partial charge in [-0.15, -0.1) is 0 Å². The summed E-state index contributed by atoms with van der Waals surface area (Å²) in [6, 6.07) is 6.45. The summed E-state index contributed by atoms with van der Waals surface area (Å²) >= 11 is 0. The highest BCUT2D eigenvalue weighted by atomic mass is 32.2. The van der Waals surface area contributed by atoms with Crippen LogP contribution in [0.1, 0.15) is 39.2 Å². The summed E-state index contributed by atoms with van der Waals surface area (Å²) < 4.78 is 34.5.